The number of hydrogen-bond donors (Lipinski definition) is 1. The van der Waals surface area contributed by atoms with Gasteiger partial charge < -0.3 is 0 Å². The van der Waals surface area contributed by atoms with Crippen LogP contribution in [0.3, 0.4) is 0 Å². The Morgan fingerprint density at radius 1 is 1.42 bits per heavy atom. The Labute approximate surface area is 120 Å². The highest BCUT2D eigenvalue weighted by molar-refractivity contribution is 7.15. The monoisotopic (exact) mass is 295 g/mol. The summed E-state index contributed by atoms with van der Waals surface area (Å²) < 4.78 is 0. The van der Waals surface area contributed by atoms with Crippen LogP contribution in [0.2, 0.25) is 5.02 Å². The van der Waals surface area contributed by atoms with Gasteiger partial charge in [0.25, 0.3) is 5.91 Å². The van der Waals surface area contributed by atoms with E-state index in [0.29, 0.717) is 15.7 Å². The van der Waals surface area contributed by atoms with E-state index in [-0.39, 0.29) is 5.91 Å². The molecule has 1 aromatic heterocycles. The van der Waals surface area contributed by atoms with Gasteiger partial charge in [-0.25, -0.2) is 0 Å². The van der Waals surface area contributed by atoms with Crippen LogP contribution in [0.4, 0.5) is 5.13 Å². The fourth-order valence-electron chi connectivity index (χ4n) is 1.53. The number of nitrogens with one attached hydrogen (secondary N) is 1. The van der Waals surface area contributed by atoms with Gasteiger partial charge in [-0.1, -0.05) is 42.3 Å². The Morgan fingerprint density at radius 2 is 2.26 bits per heavy atom. The number of rotatable bonds is 5. The van der Waals surface area contributed by atoms with Crippen molar-refractivity contribution in [2.24, 2.45) is 0 Å². The van der Waals surface area contributed by atoms with Crippen LogP contribution in [0, 0.1) is 0 Å². The first kappa shape index (κ1) is 14.0. The van der Waals surface area contributed by atoms with Crippen LogP contribution in [-0.4, -0.2) is 16.1 Å². The first-order valence-electron chi connectivity index (χ1n) is 6.08. The number of hydrogen-bond acceptors (Lipinski definition) is 4. The number of aromatic nitrogens is 2. The lowest BCUT2D eigenvalue weighted by molar-refractivity contribution is 0.102. The van der Waals surface area contributed by atoms with Gasteiger partial charge in [0.2, 0.25) is 5.13 Å². The molecule has 0 unspecified atom stereocenters. The number of carbonyl (C=O) groups excluding carboxylic acids is 1. The smallest absolute Gasteiger partial charge is 0.257 e. The largest absolute Gasteiger partial charge is 0.296 e. The van der Waals surface area contributed by atoms with E-state index in [0.717, 1.165) is 24.3 Å². The van der Waals surface area contributed by atoms with Crippen molar-refractivity contribution in [2.75, 3.05) is 5.32 Å². The zero-order valence-corrected chi connectivity index (χ0v) is 12.1. The quantitative estimate of drug-likeness (QED) is 0.913. The number of halogens is 1. The minimum atomic E-state index is -0.222. The van der Waals surface area contributed by atoms with E-state index in [1.54, 1.807) is 24.3 Å². The van der Waals surface area contributed by atoms with Crippen LogP contribution in [0.1, 0.15) is 35.1 Å². The van der Waals surface area contributed by atoms with E-state index in [1.807, 2.05) is 0 Å². The highest BCUT2D eigenvalue weighted by Crippen LogP contribution is 2.18. The van der Waals surface area contributed by atoms with Gasteiger partial charge in [-0.2, -0.15) is 0 Å². The predicted octanol–water partition coefficient (Wildman–Crippen LogP) is 3.79. The van der Waals surface area contributed by atoms with Gasteiger partial charge in [0.05, 0.1) is 0 Å². The molecule has 0 fully saturated rings. The number of aryl methyl sites for hydroxylation is 1. The fraction of sp³-hybridized carbons (Fsp3) is 0.308. The summed E-state index contributed by atoms with van der Waals surface area (Å²) in [7, 11) is 0. The zero-order valence-electron chi connectivity index (χ0n) is 10.5. The minimum Gasteiger partial charge on any atom is -0.296 e. The number of nitrogens with zero attached hydrogens (tertiary/aromatic N) is 2. The van der Waals surface area contributed by atoms with Gasteiger partial charge in [-0.3, -0.25) is 10.1 Å². The predicted molar refractivity (Wildman–Crippen MR) is 77.9 cm³/mol. The molecule has 19 heavy (non-hydrogen) atoms. The molecule has 0 atom stereocenters. The molecular weight excluding hydrogens is 282 g/mol. The summed E-state index contributed by atoms with van der Waals surface area (Å²) in [6.07, 6.45) is 3.10. The maximum Gasteiger partial charge on any atom is 0.257 e. The summed E-state index contributed by atoms with van der Waals surface area (Å²) >= 11 is 7.26. The maximum absolute atomic E-state index is 12.0. The van der Waals surface area contributed by atoms with Gasteiger partial charge in [0, 0.05) is 17.0 Å². The van der Waals surface area contributed by atoms with Gasteiger partial charge in [0.1, 0.15) is 5.01 Å². The van der Waals surface area contributed by atoms with Crippen molar-refractivity contribution in [3.05, 3.63) is 39.9 Å². The summed E-state index contributed by atoms with van der Waals surface area (Å²) in [4.78, 5) is 12.0. The third kappa shape index (κ3) is 4.01. The van der Waals surface area contributed by atoms with E-state index in [2.05, 4.69) is 22.4 Å². The molecule has 0 spiro atoms. The van der Waals surface area contributed by atoms with Gasteiger partial charge in [-0.15, -0.1) is 10.2 Å². The van der Waals surface area contributed by atoms with E-state index in [9.17, 15) is 4.79 Å². The summed E-state index contributed by atoms with van der Waals surface area (Å²) in [6, 6.07) is 6.80. The lowest BCUT2D eigenvalue weighted by atomic mass is 10.2. The third-order valence-electron chi connectivity index (χ3n) is 2.52. The molecule has 4 nitrogen and oxygen atoms in total. The summed E-state index contributed by atoms with van der Waals surface area (Å²) in [5.74, 6) is -0.222. The number of unbranched alkanes of at least 4 members (excludes halogenated alkanes) is 1. The third-order valence-corrected chi connectivity index (χ3v) is 3.65. The van der Waals surface area contributed by atoms with Gasteiger partial charge >= 0.3 is 0 Å². The number of anilines is 1. The Morgan fingerprint density at radius 3 is 3.00 bits per heavy atom. The van der Waals surface area contributed by atoms with E-state index in [4.69, 9.17) is 11.6 Å². The molecule has 6 heteroatoms. The molecule has 1 aromatic carbocycles. The molecule has 1 N–H and O–H groups in total. The van der Waals surface area contributed by atoms with Crippen molar-refractivity contribution in [3.8, 4) is 0 Å². The number of carbonyl (C=O) groups is 1. The van der Waals surface area contributed by atoms with Crippen LogP contribution in [-0.2, 0) is 6.42 Å². The van der Waals surface area contributed by atoms with Crippen molar-refractivity contribution in [2.45, 2.75) is 26.2 Å². The molecule has 0 aliphatic carbocycles. The second-order valence-corrected chi connectivity index (χ2v) is 5.57. The van der Waals surface area contributed by atoms with Crippen molar-refractivity contribution < 1.29 is 4.79 Å². The molecular formula is C13H14ClN3OS. The first-order chi connectivity index (χ1) is 9.19. The molecule has 0 aliphatic heterocycles. The summed E-state index contributed by atoms with van der Waals surface area (Å²) in [6.45, 7) is 2.13. The molecule has 1 amide bonds. The minimum absolute atomic E-state index is 0.222. The highest BCUT2D eigenvalue weighted by Gasteiger charge is 2.10. The Balaban J connectivity index is 2.00. The van der Waals surface area contributed by atoms with Crippen LogP contribution in [0.15, 0.2) is 24.3 Å². The van der Waals surface area contributed by atoms with E-state index < -0.39 is 0 Å². The van der Waals surface area contributed by atoms with E-state index in [1.165, 1.54) is 11.3 Å². The zero-order chi connectivity index (χ0) is 13.7. The molecule has 0 saturated carbocycles. The maximum atomic E-state index is 12.0. The van der Waals surface area contributed by atoms with Crippen molar-refractivity contribution in [3.63, 3.8) is 0 Å². The lowest BCUT2D eigenvalue weighted by Crippen LogP contribution is -2.11. The second kappa shape index (κ2) is 6.63. The Bertz CT molecular complexity index is 571. The number of amides is 1. The van der Waals surface area contributed by atoms with Crippen molar-refractivity contribution in [1.29, 1.82) is 0 Å². The second-order valence-electron chi connectivity index (χ2n) is 4.07. The average Bonchev–Trinajstić information content (AvgIpc) is 2.84. The Kier molecular flexibility index (Phi) is 4.87. The SMILES string of the molecule is CCCCc1nnc(NC(=O)c2cccc(Cl)c2)s1. The number of benzene rings is 1. The molecule has 0 radical (unpaired) electrons. The summed E-state index contributed by atoms with van der Waals surface area (Å²) in [5, 5.41) is 12.7. The van der Waals surface area contributed by atoms with Crippen molar-refractivity contribution >= 4 is 34.0 Å². The normalized spacial score (nSPS) is 10.4. The molecule has 0 aliphatic rings. The Hall–Kier alpha value is -1.46. The van der Waals surface area contributed by atoms with Crippen LogP contribution >= 0.6 is 22.9 Å². The molecule has 1 heterocycles. The highest BCUT2D eigenvalue weighted by atomic mass is 35.5. The average molecular weight is 296 g/mol. The van der Waals surface area contributed by atoms with Crippen LogP contribution < -0.4 is 5.32 Å². The first-order valence-corrected chi connectivity index (χ1v) is 7.28. The molecule has 100 valence electrons. The molecule has 0 saturated heterocycles. The molecule has 2 aromatic rings. The van der Waals surface area contributed by atoms with Crippen LogP contribution in [0.5, 0.6) is 0 Å². The van der Waals surface area contributed by atoms with Crippen LogP contribution in [0.25, 0.3) is 0 Å². The summed E-state index contributed by atoms with van der Waals surface area (Å²) in [5.41, 5.74) is 0.512. The fourth-order valence-corrected chi connectivity index (χ4v) is 2.50. The van der Waals surface area contributed by atoms with Gasteiger partial charge in [0.15, 0.2) is 0 Å². The lowest BCUT2D eigenvalue weighted by Gasteiger charge is -2.01. The van der Waals surface area contributed by atoms with E-state index >= 15 is 0 Å². The standard InChI is InChI=1S/C13H14ClN3OS/c1-2-3-7-11-16-17-13(19-11)15-12(18)9-5-4-6-10(14)8-9/h4-6,8H,2-3,7H2,1H3,(H,15,17,18). The topological polar surface area (TPSA) is 54.9 Å². The van der Waals surface area contributed by atoms with Gasteiger partial charge in [-0.05, 0) is 24.6 Å². The van der Waals surface area contributed by atoms with Crippen molar-refractivity contribution in [1.82, 2.24) is 10.2 Å². The molecule has 0 bridgehead atoms. The molecule has 2 rings (SSSR count).